The molecule has 1 aromatic heterocycles. The van der Waals surface area contributed by atoms with Gasteiger partial charge in [0.05, 0.1) is 5.69 Å². The van der Waals surface area contributed by atoms with Gasteiger partial charge >= 0.3 is 12.1 Å². The van der Waals surface area contributed by atoms with Gasteiger partial charge in [0, 0.05) is 23.0 Å². The number of carboxylic acids is 1. The van der Waals surface area contributed by atoms with E-state index in [9.17, 15) is 14.7 Å². The fourth-order valence-corrected chi connectivity index (χ4v) is 5.75. The van der Waals surface area contributed by atoms with Gasteiger partial charge in [0.15, 0.2) is 10.4 Å². The van der Waals surface area contributed by atoms with Crippen molar-refractivity contribution in [2.24, 2.45) is 5.92 Å². The average molecular weight is 569 g/mol. The van der Waals surface area contributed by atoms with Crippen molar-refractivity contribution in [3.63, 3.8) is 0 Å². The van der Waals surface area contributed by atoms with E-state index in [1.165, 1.54) is 0 Å². The number of alkyl carbamates (subject to hydrolysis) is 1. The molecule has 1 heterocycles. The van der Waals surface area contributed by atoms with Gasteiger partial charge in [-0.3, -0.25) is 0 Å². The van der Waals surface area contributed by atoms with Gasteiger partial charge < -0.3 is 19.7 Å². The van der Waals surface area contributed by atoms with Crippen molar-refractivity contribution < 1.29 is 19.4 Å². The number of halogens is 2. The molecule has 1 aliphatic carbocycles. The van der Waals surface area contributed by atoms with E-state index in [1.807, 2.05) is 63.5 Å². The summed E-state index contributed by atoms with van der Waals surface area (Å²) >= 11 is 9.64. The van der Waals surface area contributed by atoms with Crippen LogP contribution in [0.4, 0.5) is 4.79 Å². The number of benzene rings is 1. The van der Waals surface area contributed by atoms with E-state index >= 15 is 0 Å². The van der Waals surface area contributed by atoms with Crippen LogP contribution in [-0.4, -0.2) is 38.4 Å². The number of amides is 1. The molecule has 0 saturated heterocycles. The number of carboxylic acid groups (broad SMARTS) is 1. The topological polar surface area (TPSA) is 93.5 Å². The van der Waals surface area contributed by atoms with Crippen LogP contribution >= 0.6 is 27.5 Å². The van der Waals surface area contributed by atoms with Gasteiger partial charge in [0.25, 0.3) is 0 Å². The number of ether oxygens (including phenoxy) is 1. The number of rotatable bonds is 7. The second-order valence-corrected chi connectivity index (χ2v) is 11.7. The predicted molar refractivity (Wildman–Crippen MR) is 140 cm³/mol. The molecular formula is C26H35BrClN3O4. The lowest BCUT2D eigenvalue weighted by molar-refractivity contribution is 0.0486. The summed E-state index contributed by atoms with van der Waals surface area (Å²) < 4.78 is 7.89. The first-order valence-corrected chi connectivity index (χ1v) is 13.3. The molecule has 2 N–H and O–H groups in total. The fraction of sp³-hybridized carbons (Fsp3) is 0.577. The molecule has 192 valence electrons. The summed E-state index contributed by atoms with van der Waals surface area (Å²) in [6.07, 6.45) is 3.99. The van der Waals surface area contributed by atoms with Crippen LogP contribution in [0.5, 0.6) is 0 Å². The zero-order valence-corrected chi connectivity index (χ0v) is 23.3. The van der Waals surface area contributed by atoms with Crippen molar-refractivity contribution in [1.29, 1.82) is 0 Å². The Hall–Kier alpha value is -2.06. The molecule has 1 atom stereocenters. The Morgan fingerprint density at radius 2 is 1.80 bits per heavy atom. The molecule has 1 aliphatic rings. The normalized spacial score (nSPS) is 19.4. The minimum absolute atomic E-state index is 0.0311. The van der Waals surface area contributed by atoms with Crippen LogP contribution in [0.2, 0.25) is 5.02 Å². The highest BCUT2D eigenvalue weighted by Gasteiger charge is 2.33. The average Bonchev–Trinajstić information content (AvgIpc) is 3.10. The molecule has 0 radical (unpaired) electrons. The molecule has 0 bridgehead atoms. The van der Waals surface area contributed by atoms with E-state index in [1.54, 1.807) is 0 Å². The lowest BCUT2D eigenvalue weighted by atomic mass is 9.77. The van der Waals surface area contributed by atoms with E-state index < -0.39 is 11.6 Å². The maximum absolute atomic E-state index is 12.2. The highest BCUT2D eigenvalue weighted by Crippen LogP contribution is 2.40. The molecule has 2 aromatic rings. The SMILES string of the molecule is CC(C)n1c(Br)nc(C(=O)O)c1C(CC1CCC(NC(=O)OC(C)(C)C)CC1)c1ccc(Cl)cc1. The second-order valence-electron chi connectivity index (χ2n) is 10.6. The Kier molecular flexibility index (Phi) is 8.91. The third-order valence-electron chi connectivity index (χ3n) is 6.36. The van der Waals surface area contributed by atoms with Crippen molar-refractivity contribution in [1.82, 2.24) is 14.9 Å². The van der Waals surface area contributed by atoms with E-state index in [0.717, 1.165) is 37.7 Å². The highest BCUT2D eigenvalue weighted by atomic mass is 79.9. The van der Waals surface area contributed by atoms with Crippen LogP contribution in [0.1, 0.15) is 100 Å². The third-order valence-corrected chi connectivity index (χ3v) is 7.17. The number of carbonyl (C=O) groups excluding carboxylic acids is 1. The first kappa shape index (κ1) is 27.5. The lowest BCUT2D eigenvalue weighted by Gasteiger charge is -2.33. The number of nitrogens with zero attached hydrogens (tertiary/aromatic N) is 2. The van der Waals surface area contributed by atoms with Crippen LogP contribution in [0.3, 0.4) is 0 Å². The summed E-state index contributed by atoms with van der Waals surface area (Å²) in [6, 6.07) is 7.75. The van der Waals surface area contributed by atoms with E-state index in [2.05, 4.69) is 26.2 Å². The molecule has 3 rings (SSSR count). The summed E-state index contributed by atoms with van der Waals surface area (Å²) in [5.74, 6) is -0.812. The van der Waals surface area contributed by atoms with E-state index in [0.29, 0.717) is 21.4 Å². The van der Waals surface area contributed by atoms with Crippen molar-refractivity contribution in [2.45, 2.75) is 90.3 Å². The molecule has 1 amide bonds. The Balaban J connectivity index is 1.83. The lowest BCUT2D eigenvalue weighted by Crippen LogP contribution is -2.41. The van der Waals surface area contributed by atoms with Gasteiger partial charge in [0.2, 0.25) is 0 Å². The standard InChI is InChI=1S/C26H35BrClN3O4/c1-15(2)31-22(21(23(32)33)30-24(31)27)20(17-8-10-18(28)11-9-17)14-16-6-12-19(13-7-16)29-25(34)35-26(3,4)5/h8-11,15-16,19-20H,6-7,12-14H2,1-5H3,(H,29,34)(H,32,33). The number of carbonyl (C=O) groups is 2. The number of nitrogens with one attached hydrogen (secondary N) is 1. The smallest absolute Gasteiger partial charge is 0.407 e. The molecule has 0 spiro atoms. The third kappa shape index (κ3) is 7.23. The van der Waals surface area contributed by atoms with Crippen LogP contribution in [-0.2, 0) is 4.74 Å². The largest absolute Gasteiger partial charge is 0.476 e. The Labute approximate surface area is 220 Å². The molecule has 1 fully saturated rings. The zero-order valence-electron chi connectivity index (χ0n) is 21.0. The monoisotopic (exact) mass is 567 g/mol. The number of imidazole rings is 1. The zero-order chi connectivity index (χ0) is 25.9. The Morgan fingerprint density at radius 1 is 1.20 bits per heavy atom. The second kappa shape index (κ2) is 11.3. The molecule has 9 heteroatoms. The fourth-order valence-electron chi connectivity index (χ4n) is 4.85. The molecule has 7 nitrogen and oxygen atoms in total. The first-order valence-electron chi connectivity index (χ1n) is 12.1. The quantitative estimate of drug-likeness (QED) is 0.369. The highest BCUT2D eigenvalue weighted by molar-refractivity contribution is 9.10. The van der Waals surface area contributed by atoms with Gasteiger partial charge in [-0.15, -0.1) is 0 Å². The molecule has 1 saturated carbocycles. The van der Waals surface area contributed by atoms with Gasteiger partial charge in [-0.25, -0.2) is 14.6 Å². The summed E-state index contributed by atoms with van der Waals surface area (Å²) in [5, 5.41) is 13.6. The van der Waals surface area contributed by atoms with Crippen LogP contribution in [0, 0.1) is 5.92 Å². The van der Waals surface area contributed by atoms with Gasteiger partial charge in [0.1, 0.15) is 5.60 Å². The maximum Gasteiger partial charge on any atom is 0.407 e. The first-order chi connectivity index (χ1) is 16.4. The molecule has 0 aliphatic heterocycles. The molecular weight excluding hydrogens is 534 g/mol. The van der Waals surface area contributed by atoms with Crippen molar-refractivity contribution in [3.8, 4) is 0 Å². The minimum Gasteiger partial charge on any atom is -0.476 e. The number of aromatic nitrogens is 2. The van der Waals surface area contributed by atoms with Gasteiger partial charge in [-0.2, -0.15) is 0 Å². The number of hydrogen-bond donors (Lipinski definition) is 2. The number of aromatic carboxylic acids is 1. The van der Waals surface area contributed by atoms with Crippen molar-refractivity contribution >= 4 is 39.6 Å². The predicted octanol–water partition coefficient (Wildman–Crippen LogP) is 7.18. The van der Waals surface area contributed by atoms with E-state index in [4.69, 9.17) is 16.3 Å². The van der Waals surface area contributed by atoms with Crippen LogP contribution in [0.15, 0.2) is 29.0 Å². The summed E-state index contributed by atoms with van der Waals surface area (Å²) in [7, 11) is 0. The van der Waals surface area contributed by atoms with Crippen LogP contribution < -0.4 is 5.32 Å². The summed E-state index contributed by atoms with van der Waals surface area (Å²) in [6.45, 7) is 9.60. The van der Waals surface area contributed by atoms with Gasteiger partial charge in [-0.1, -0.05) is 23.7 Å². The summed E-state index contributed by atoms with van der Waals surface area (Å²) in [5.41, 5.74) is 1.27. The molecule has 35 heavy (non-hydrogen) atoms. The minimum atomic E-state index is -1.04. The van der Waals surface area contributed by atoms with Crippen LogP contribution in [0.25, 0.3) is 0 Å². The molecule has 1 unspecified atom stereocenters. The summed E-state index contributed by atoms with van der Waals surface area (Å²) in [4.78, 5) is 28.7. The van der Waals surface area contributed by atoms with Crippen molar-refractivity contribution in [2.75, 3.05) is 0 Å². The Morgan fingerprint density at radius 3 is 2.31 bits per heavy atom. The molecule has 1 aromatic carbocycles. The van der Waals surface area contributed by atoms with E-state index in [-0.39, 0.29) is 29.8 Å². The Bertz CT molecular complexity index is 1040. The van der Waals surface area contributed by atoms with Crippen molar-refractivity contribution in [3.05, 3.63) is 51.0 Å². The maximum atomic E-state index is 12.2. The number of hydrogen-bond acceptors (Lipinski definition) is 4. The van der Waals surface area contributed by atoms with Gasteiger partial charge in [-0.05, 0) is 106 Å².